The third-order valence-corrected chi connectivity index (χ3v) is 2.16. The van der Waals surface area contributed by atoms with E-state index in [1.807, 2.05) is 31.2 Å². The number of hydrogen-bond acceptors (Lipinski definition) is 4. The number of aryl methyl sites for hydroxylation is 1. The molecule has 0 bridgehead atoms. The second kappa shape index (κ2) is 9.50. The van der Waals surface area contributed by atoms with Crippen molar-refractivity contribution in [3.8, 4) is 5.75 Å². The monoisotopic (exact) mass is 252 g/mol. The Hall–Kier alpha value is -1.52. The van der Waals surface area contributed by atoms with Crippen LogP contribution in [0, 0.1) is 6.92 Å². The van der Waals surface area contributed by atoms with E-state index in [4.69, 9.17) is 18.9 Å². The summed E-state index contributed by atoms with van der Waals surface area (Å²) in [5.74, 6) is 0.861. The van der Waals surface area contributed by atoms with Gasteiger partial charge in [0, 0.05) is 0 Å². The van der Waals surface area contributed by atoms with Crippen molar-refractivity contribution in [3.63, 3.8) is 0 Å². The molecule has 0 amide bonds. The summed E-state index contributed by atoms with van der Waals surface area (Å²) in [5.41, 5.74) is 1.22. The first-order chi connectivity index (χ1) is 8.83. The molecule has 0 N–H and O–H groups in total. The van der Waals surface area contributed by atoms with Gasteiger partial charge in [-0.05, 0) is 19.1 Å². The largest absolute Gasteiger partial charge is 0.491 e. The Morgan fingerprint density at radius 1 is 1.00 bits per heavy atom. The molecule has 0 aliphatic heterocycles. The molecule has 4 nitrogen and oxygen atoms in total. The van der Waals surface area contributed by atoms with Gasteiger partial charge < -0.3 is 18.9 Å². The van der Waals surface area contributed by atoms with Gasteiger partial charge in [-0.15, -0.1) is 0 Å². The first kappa shape index (κ1) is 14.5. The van der Waals surface area contributed by atoms with Crippen LogP contribution in [0.5, 0.6) is 5.75 Å². The molecule has 0 radical (unpaired) electrons. The van der Waals surface area contributed by atoms with E-state index >= 15 is 0 Å². The molecule has 0 fully saturated rings. The zero-order valence-corrected chi connectivity index (χ0v) is 10.8. The van der Waals surface area contributed by atoms with Crippen molar-refractivity contribution < 1.29 is 18.9 Å². The number of rotatable bonds is 10. The van der Waals surface area contributed by atoms with Crippen molar-refractivity contribution in [1.29, 1.82) is 0 Å². The van der Waals surface area contributed by atoms with Gasteiger partial charge in [0.05, 0.1) is 26.1 Å². The lowest BCUT2D eigenvalue weighted by atomic mass is 10.2. The summed E-state index contributed by atoms with van der Waals surface area (Å²) < 4.78 is 20.7. The standard InChI is InChI=1S/C14H20O4/c1-3-15-12-17-9-8-16-10-11-18-14-6-4-13(2)5-7-14/h3-7H,1,8-12H2,2H3. The highest BCUT2D eigenvalue weighted by Gasteiger charge is 1.93. The fourth-order valence-electron chi connectivity index (χ4n) is 1.23. The molecule has 0 saturated carbocycles. The maximum Gasteiger partial charge on any atom is 0.188 e. The Balaban J connectivity index is 1.92. The van der Waals surface area contributed by atoms with Gasteiger partial charge in [0.2, 0.25) is 0 Å². The third-order valence-electron chi connectivity index (χ3n) is 2.16. The first-order valence-corrected chi connectivity index (χ1v) is 5.90. The lowest BCUT2D eigenvalue weighted by Crippen LogP contribution is -2.11. The molecule has 0 saturated heterocycles. The van der Waals surface area contributed by atoms with Gasteiger partial charge in [0.1, 0.15) is 12.4 Å². The molecule has 0 aliphatic rings. The van der Waals surface area contributed by atoms with Gasteiger partial charge in [-0.3, -0.25) is 0 Å². The fourth-order valence-corrected chi connectivity index (χ4v) is 1.23. The maximum absolute atomic E-state index is 5.50. The third kappa shape index (κ3) is 6.93. The van der Waals surface area contributed by atoms with Crippen LogP contribution in [0.2, 0.25) is 0 Å². The Labute approximate surface area is 108 Å². The molecule has 1 rings (SSSR count). The summed E-state index contributed by atoms with van der Waals surface area (Å²) in [7, 11) is 0. The van der Waals surface area contributed by atoms with E-state index in [-0.39, 0.29) is 6.79 Å². The van der Waals surface area contributed by atoms with Crippen LogP contribution in [0.15, 0.2) is 37.1 Å². The van der Waals surface area contributed by atoms with Crippen molar-refractivity contribution in [2.75, 3.05) is 33.2 Å². The summed E-state index contributed by atoms with van der Waals surface area (Å²) >= 11 is 0. The van der Waals surface area contributed by atoms with Gasteiger partial charge in [-0.1, -0.05) is 24.3 Å². The molecule has 0 atom stereocenters. The number of hydrogen-bond donors (Lipinski definition) is 0. The predicted molar refractivity (Wildman–Crippen MR) is 69.6 cm³/mol. The highest BCUT2D eigenvalue weighted by Crippen LogP contribution is 2.10. The number of ether oxygens (including phenoxy) is 4. The van der Waals surface area contributed by atoms with Crippen molar-refractivity contribution in [2.45, 2.75) is 6.92 Å². The minimum atomic E-state index is 0.215. The SMILES string of the molecule is C=COCOCCOCCOc1ccc(C)cc1. The summed E-state index contributed by atoms with van der Waals surface area (Å²) in [4.78, 5) is 0. The minimum absolute atomic E-state index is 0.215. The van der Waals surface area contributed by atoms with E-state index < -0.39 is 0 Å². The van der Waals surface area contributed by atoms with Gasteiger partial charge in [0.15, 0.2) is 6.79 Å². The smallest absolute Gasteiger partial charge is 0.188 e. The first-order valence-electron chi connectivity index (χ1n) is 5.90. The summed E-state index contributed by atoms with van der Waals surface area (Å²) in [6.45, 7) is 7.76. The van der Waals surface area contributed by atoms with E-state index in [1.165, 1.54) is 11.8 Å². The lowest BCUT2D eigenvalue weighted by Gasteiger charge is -2.07. The molecule has 18 heavy (non-hydrogen) atoms. The lowest BCUT2D eigenvalue weighted by molar-refractivity contribution is -0.0380. The molecule has 0 heterocycles. The van der Waals surface area contributed by atoms with Crippen molar-refractivity contribution in [3.05, 3.63) is 42.7 Å². The van der Waals surface area contributed by atoms with Crippen LogP contribution in [-0.2, 0) is 14.2 Å². The van der Waals surface area contributed by atoms with E-state index in [0.29, 0.717) is 26.4 Å². The van der Waals surface area contributed by atoms with Crippen LogP contribution in [0.4, 0.5) is 0 Å². The quantitative estimate of drug-likeness (QED) is 0.364. The van der Waals surface area contributed by atoms with E-state index in [1.54, 1.807) is 0 Å². The molecule has 0 aromatic heterocycles. The molecule has 1 aromatic carbocycles. The van der Waals surface area contributed by atoms with Crippen molar-refractivity contribution >= 4 is 0 Å². The van der Waals surface area contributed by atoms with Gasteiger partial charge in [0.25, 0.3) is 0 Å². The zero-order chi connectivity index (χ0) is 13.1. The highest BCUT2D eigenvalue weighted by atomic mass is 16.7. The van der Waals surface area contributed by atoms with Gasteiger partial charge >= 0.3 is 0 Å². The minimum Gasteiger partial charge on any atom is -0.491 e. The van der Waals surface area contributed by atoms with Crippen LogP contribution < -0.4 is 4.74 Å². The van der Waals surface area contributed by atoms with Crippen molar-refractivity contribution in [1.82, 2.24) is 0 Å². The van der Waals surface area contributed by atoms with Gasteiger partial charge in [-0.2, -0.15) is 0 Å². The molecule has 0 aliphatic carbocycles. The van der Waals surface area contributed by atoms with Crippen molar-refractivity contribution in [2.24, 2.45) is 0 Å². The summed E-state index contributed by atoms with van der Waals surface area (Å²) in [6.07, 6.45) is 1.34. The van der Waals surface area contributed by atoms with E-state index in [0.717, 1.165) is 5.75 Å². The maximum atomic E-state index is 5.50. The molecule has 0 spiro atoms. The van der Waals surface area contributed by atoms with Crippen LogP contribution in [0.25, 0.3) is 0 Å². The topological polar surface area (TPSA) is 36.9 Å². The molecule has 0 unspecified atom stereocenters. The fraction of sp³-hybridized carbons (Fsp3) is 0.429. The highest BCUT2D eigenvalue weighted by molar-refractivity contribution is 5.26. The number of benzene rings is 1. The summed E-state index contributed by atoms with van der Waals surface area (Å²) in [5, 5.41) is 0. The van der Waals surface area contributed by atoms with Crippen LogP contribution in [0.3, 0.4) is 0 Å². The van der Waals surface area contributed by atoms with E-state index in [9.17, 15) is 0 Å². The molecule has 4 heteroatoms. The van der Waals surface area contributed by atoms with Gasteiger partial charge in [-0.25, -0.2) is 0 Å². The summed E-state index contributed by atoms with van der Waals surface area (Å²) in [6, 6.07) is 7.93. The van der Waals surface area contributed by atoms with Crippen LogP contribution in [-0.4, -0.2) is 33.2 Å². The molecular weight excluding hydrogens is 232 g/mol. The van der Waals surface area contributed by atoms with Crippen LogP contribution >= 0.6 is 0 Å². The normalized spacial score (nSPS) is 10.1. The second-order valence-electron chi connectivity index (χ2n) is 3.63. The molecular formula is C14H20O4. The Bertz CT molecular complexity index is 321. The zero-order valence-electron chi connectivity index (χ0n) is 10.8. The predicted octanol–water partition coefficient (Wildman–Crippen LogP) is 2.52. The van der Waals surface area contributed by atoms with E-state index in [2.05, 4.69) is 6.58 Å². The average molecular weight is 252 g/mol. The second-order valence-corrected chi connectivity index (χ2v) is 3.63. The molecule has 100 valence electrons. The Morgan fingerprint density at radius 2 is 1.67 bits per heavy atom. The Morgan fingerprint density at radius 3 is 2.39 bits per heavy atom. The average Bonchev–Trinajstić information content (AvgIpc) is 2.39. The molecule has 1 aromatic rings. The Kier molecular flexibility index (Phi) is 7.68. The van der Waals surface area contributed by atoms with Crippen LogP contribution in [0.1, 0.15) is 5.56 Å².